The van der Waals surface area contributed by atoms with Gasteiger partial charge < -0.3 is 14.9 Å². The molecule has 2 aliphatic rings. The smallest absolute Gasteiger partial charge is 0.222 e. The van der Waals surface area contributed by atoms with Crippen molar-refractivity contribution in [3.8, 4) is 0 Å². The van der Waals surface area contributed by atoms with Crippen molar-refractivity contribution < 1.29 is 9.90 Å². The van der Waals surface area contributed by atoms with Gasteiger partial charge >= 0.3 is 0 Å². The van der Waals surface area contributed by atoms with Crippen molar-refractivity contribution in [2.24, 2.45) is 0 Å². The summed E-state index contributed by atoms with van der Waals surface area (Å²) in [6, 6.07) is 0.396. The Balaban J connectivity index is 1.80. The van der Waals surface area contributed by atoms with Gasteiger partial charge in [0.05, 0.1) is 6.10 Å². The van der Waals surface area contributed by atoms with E-state index in [1.807, 2.05) is 11.9 Å². The molecule has 0 aliphatic carbocycles. The number of hydrogen-bond donors (Lipinski definition) is 1. The van der Waals surface area contributed by atoms with Crippen molar-refractivity contribution in [3.05, 3.63) is 0 Å². The summed E-state index contributed by atoms with van der Waals surface area (Å²) in [5.74, 6) is 0.275. The number of carbonyl (C=O) groups is 1. The van der Waals surface area contributed by atoms with Crippen LogP contribution in [0.5, 0.6) is 0 Å². The number of rotatable bonds is 2. The minimum absolute atomic E-state index is 0.107. The second kappa shape index (κ2) is 4.49. The molecule has 1 N–H and O–H groups in total. The van der Waals surface area contributed by atoms with Crippen molar-refractivity contribution in [3.63, 3.8) is 0 Å². The molecule has 15 heavy (non-hydrogen) atoms. The van der Waals surface area contributed by atoms with Crippen molar-refractivity contribution in [1.82, 2.24) is 9.80 Å². The molecule has 2 aliphatic heterocycles. The molecule has 2 rings (SSSR count). The standard InChI is InChI=1S/C11H20N2O2/c1-12-9(2-3-11(12)15)8-13-6-4-10(14)5-7-13/h9-10,14H,2-8H2,1H3/t9-/m1/s1. The predicted molar refractivity (Wildman–Crippen MR) is 57.5 cm³/mol. The number of piperidine rings is 1. The lowest BCUT2D eigenvalue weighted by Crippen LogP contribution is -2.44. The maximum atomic E-state index is 11.3. The van der Waals surface area contributed by atoms with Gasteiger partial charge in [0, 0.05) is 39.1 Å². The average Bonchev–Trinajstić information content (AvgIpc) is 2.53. The van der Waals surface area contributed by atoms with E-state index in [4.69, 9.17) is 0 Å². The fraction of sp³-hybridized carbons (Fsp3) is 0.909. The highest BCUT2D eigenvalue weighted by molar-refractivity contribution is 5.78. The summed E-state index contributed by atoms with van der Waals surface area (Å²) in [7, 11) is 1.90. The highest BCUT2D eigenvalue weighted by atomic mass is 16.3. The maximum Gasteiger partial charge on any atom is 0.222 e. The predicted octanol–water partition coefficient (Wildman–Crippen LogP) is 0.0639. The zero-order valence-electron chi connectivity index (χ0n) is 9.35. The topological polar surface area (TPSA) is 43.8 Å². The van der Waals surface area contributed by atoms with E-state index in [-0.39, 0.29) is 12.0 Å². The molecule has 0 unspecified atom stereocenters. The van der Waals surface area contributed by atoms with Crippen LogP contribution in [0.4, 0.5) is 0 Å². The van der Waals surface area contributed by atoms with Gasteiger partial charge in [-0.25, -0.2) is 0 Å². The van der Waals surface area contributed by atoms with E-state index in [0.29, 0.717) is 12.5 Å². The van der Waals surface area contributed by atoms with Gasteiger partial charge in [-0.2, -0.15) is 0 Å². The first-order chi connectivity index (χ1) is 7.16. The molecule has 1 amide bonds. The van der Waals surface area contributed by atoms with Gasteiger partial charge in [0.2, 0.25) is 5.91 Å². The molecular weight excluding hydrogens is 192 g/mol. The highest BCUT2D eigenvalue weighted by Crippen LogP contribution is 2.19. The van der Waals surface area contributed by atoms with Crippen LogP contribution in [0.3, 0.4) is 0 Å². The van der Waals surface area contributed by atoms with Crippen molar-refractivity contribution in [2.75, 3.05) is 26.7 Å². The lowest BCUT2D eigenvalue weighted by molar-refractivity contribution is -0.127. The molecule has 0 saturated carbocycles. The lowest BCUT2D eigenvalue weighted by atomic mass is 10.1. The summed E-state index contributed by atoms with van der Waals surface area (Å²) in [5.41, 5.74) is 0. The minimum Gasteiger partial charge on any atom is -0.393 e. The first-order valence-corrected chi connectivity index (χ1v) is 5.83. The zero-order valence-corrected chi connectivity index (χ0v) is 9.35. The monoisotopic (exact) mass is 212 g/mol. The number of amides is 1. The van der Waals surface area contributed by atoms with Crippen LogP contribution in [0.15, 0.2) is 0 Å². The summed E-state index contributed by atoms with van der Waals surface area (Å²) in [6.07, 6.45) is 3.35. The fourth-order valence-electron chi connectivity index (χ4n) is 2.48. The van der Waals surface area contributed by atoms with Crippen LogP contribution in [-0.4, -0.2) is 59.6 Å². The van der Waals surface area contributed by atoms with Crippen LogP contribution < -0.4 is 0 Å². The maximum absolute atomic E-state index is 11.3. The molecule has 0 bridgehead atoms. The van der Waals surface area contributed by atoms with Crippen LogP contribution in [0.2, 0.25) is 0 Å². The third-order valence-corrected chi connectivity index (χ3v) is 3.66. The summed E-state index contributed by atoms with van der Waals surface area (Å²) in [5, 5.41) is 9.39. The summed E-state index contributed by atoms with van der Waals surface area (Å²) in [6.45, 7) is 2.92. The normalized spacial score (nSPS) is 30.1. The minimum atomic E-state index is -0.107. The molecule has 4 nitrogen and oxygen atoms in total. The number of likely N-dealkylation sites (tertiary alicyclic amines) is 2. The number of aliphatic hydroxyl groups excluding tert-OH is 1. The first-order valence-electron chi connectivity index (χ1n) is 5.83. The molecule has 2 saturated heterocycles. The Morgan fingerprint density at radius 1 is 1.33 bits per heavy atom. The van der Waals surface area contributed by atoms with E-state index >= 15 is 0 Å². The Morgan fingerprint density at radius 2 is 2.00 bits per heavy atom. The Hall–Kier alpha value is -0.610. The van der Waals surface area contributed by atoms with Gasteiger partial charge in [-0.15, -0.1) is 0 Å². The van der Waals surface area contributed by atoms with Crippen LogP contribution in [0, 0.1) is 0 Å². The second-order valence-corrected chi connectivity index (χ2v) is 4.73. The Labute approximate surface area is 90.9 Å². The first kappa shape index (κ1) is 10.9. The van der Waals surface area contributed by atoms with Gasteiger partial charge in [0.1, 0.15) is 0 Å². The largest absolute Gasteiger partial charge is 0.393 e. The molecule has 0 aromatic rings. The van der Waals surface area contributed by atoms with Crippen molar-refractivity contribution >= 4 is 5.91 Å². The number of carbonyl (C=O) groups excluding carboxylic acids is 1. The Bertz CT molecular complexity index is 237. The van der Waals surface area contributed by atoms with Gasteiger partial charge in [-0.3, -0.25) is 4.79 Å². The third-order valence-electron chi connectivity index (χ3n) is 3.66. The summed E-state index contributed by atoms with van der Waals surface area (Å²) >= 11 is 0. The van der Waals surface area contributed by atoms with Gasteiger partial charge in [-0.1, -0.05) is 0 Å². The molecule has 2 fully saturated rings. The van der Waals surface area contributed by atoms with E-state index in [1.165, 1.54) is 0 Å². The Morgan fingerprint density at radius 3 is 2.53 bits per heavy atom. The van der Waals surface area contributed by atoms with Crippen LogP contribution in [-0.2, 0) is 4.79 Å². The van der Waals surface area contributed by atoms with E-state index in [1.54, 1.807) is 0 Å². The fourth-order valence-corrected chi connectivity index (χ4v) is 2.48. The number of nitrogens with zero attached hydrogens (tertiary/aromatic N) is 2. The molecule has 0 aromatic heterocycles. The average molecular weight is 212 g/mol. The molecule has 2 heterocycles. The summed E-state index contributed by atoms with van der Waals surface area (Å²) in [4.78, 5) is 15.6. The van der Waals surface area contributed by atoms with Crippen LogP contribution >= 0.6 is 0 Å². The van der Waals surface area contributed by atoms with E-state index < -0.39 is 0 Å². The zero-order chi connectivity index (χ0) is 10.8. The quantitative estimate of drug-likeness (QED) is 0.704. The van der Waals surface area contributed by atoms with E-state index in [9.17, 15) is 9.90 Å². The molecule has 0 aromatic carbocycles. The van der Waals surface area contributed by atoms with E-state index in [0.717, 1.165) is 38.9 Å². The third kappa shape index (κ3) is 2.49. The molecule has 0 spiro atoms. The highest BCUT2D eigenvalue weighted by Gasteiger charge is 2.29. The molecule has 86 valence electrons. The molecule has 4 heteroatoms. The van der Waals surface area contributed by atoms with Crippen molar-refractivity contribution in [2.45, 2.75) is 37.8 Å². The number of hydrogen-bond acceptors (Lipinski definition) is 3. The van der Waals surface area contributed by atoms with E-state index in [2.05, 4.69) is 4.90 Å². The lowest BCUT2D eigenvalue weighted by Gasteiger charge is -2.33. The van der Waals surface area contributed by atoms with Crippen LogP contribution in [0.25, 0.3) is 0 Å². The summed E-state index contributed by atoms with van der Waals surface area (Å²) < 4.78 is 0. The SMILES string of the molecule is CN1C(=O)CC[C@@H]1CN1CCC(O)CC1. The molecule has 0 radical (unpaired) electrons. The van der Waals surface area contributed by atoms with Gasteiger partial charge in [-0.05, 0) is 19.3 Å². The Kier molecular flexibility index (Phi) is 3.26. The van der Waals surface area contributed by atoms with Crippen molar-refractivity contribution in [1.29, 1.82) is 0 Å². The number of likely N-dealkylation sites (N-methyl/N-ethyl adjacent to an activating group) is 1. The molecule has 1 atom stereocenters. The molecular formula is C11H20N2O2. The number of aliphatic hydroxyl groups is 1. The van der Waals surface area contributed by atoms with Gasteiger partial charge in [0.15, 0.2) is 0 Å². The van der Waals surface area contributed by atoms with Gasteiger partial charge in [0.25, 0.3) is 0 Å². The second-order valence-electron chi connectivity index (χ2n) is 4.73. The van der Waals surface area contributed by atoms with Crippen LogP contribution in [0.1, 0.15) is 25.7 Å².